The number of aliphatic imine (C=N–C) groups is 1. The fraction of sp³-hybridized carbons (Fsp3) is 0.526. The molecule has 8 N–H and O–H groups in total. The number of carboxylic acids is 3. The second kappa shape index (κ2) is 35.2. The summed E-state index contributed by atoms with van der Waals surface area (Å²) in [6.07, 6.45) is 10.7. The van der Waals surface area contributed by atoms with Crippen molar-refractivity contribution < 1.29 is 113 Å². The number of carboxylic acid groups (broad SMARTS) is 3. The Balaban J connectivity index is 0.0000126. The van der Waals surface area contributed by atoms with E-state index < -0.39 is 41.4 Å². The number of unbranched alkanes of at least 4 members (excludes halogenated alkanes) is 9. The monoisotopic (exact) mass is 1320 g/mol. The van der Waals surface area contributed by atoms with E-state index in [1.165, 1.54) is 24.3 Å². The van der Waals surface area contributed by atoms with Gasteiger partial charge in [-0.2, -0.15) is 4.99 Å². The molecule has 3 heterocycles. The van der Waals surface area contributed by atoms with Gasteiger partial charge in [-0.05, 0) is 68.5 Å². The summed E-state index contributed by atoms with van der Waals surface area (Å²) in [6.45, 7) is 1.61. The summed E-state index contributed by atoms with van der Waals surface area (Å²) < 4.78 is 16.4. The standard InChI is InChI=1S/C57H75N9O15S.Gd/c67-31-11-7-5-3-1-2-4-6-9-21-59-55(78)47(62-51(71)35-63-23-25-64(36-52(72)73)27-29-66(38-54(76)77)30-28-65(26-24-63)37-53(74)75)12-8-10-20-58-50(70)19-22-61-82-39-60-40-13-16-44-43(32-40)56(79)81-57(44)45-17-14-41(68)33-48(45)80-49-34-42(69)15-18-46(49)57;/h13-18,31-34,47,68-69H,1-12,19-30,35-38H2,(H,58,70)(H,59,78)(H,62,71)(H,72,73)(H,74,75)(H,76,77);/q;+3. The van der Waals surface area contributed by atoms with Crippen LogP contribution in [0.5, 0.6) is 23.0 Å². The zero-order chi connectivity index (χ0) is 58.9. The Morgan fingerprint density at radius 3 is 1.67 bits per heavy atom. The van der Waals surface area contributed by atoms with Crippen molar-refractivity contribution in [3.05, 3.63) is 76.9 Å². The van der Waals surface area contributed by atoms with Gasteiger partial charge in [0.25, 0.3) is 0 Å². The number of hydrogen-bond acceptors (Lipinski definition) is 18. The van der Waals surface area contributed by atoms with Crippen molar-refractivity contribution in [3.63, 3.8) is 0 Å². The number of ether oxygens (including phenoxy) is 2. The molecule has 83 heavy (non-hydrogen) atoms. The number of amides is 3. The predicted molar refractivity (Wildman–Crippen MR) is 302 cm³/mol. The molecule has 1 saturated heterocycles. The molecule has 449 valence electrons. The Kier molecular flexibility index (Phi) is 28.6. The molecular weight excluding hydrogens is 1240 g/mol. The van der Waals surface area contributed by atoms with E-state index in [-0.39, 0.29) is 178 Å². The molecule has 1 fully saturated rings. The number of rotatable bonds is 30. The normalized spacial score (nSPS) is 15.6. The van der Waals surface area contributed by atoms with E-state index in [0.717, 1.165) is 68.8 Å². The summed E-state index contributed by atoms with van der Waals surface area (Å²) >= 11 is 0.907. The molecule has 0 aromatic heterocycles. The first-order valence-electron chi connectivity index (χ1n) is 27.9. The Hall–Kier alpha value is -6.22. The maximum absolute atomic E-state index is 13.8. The van der Waals surface area contributed by atoms with Crippen LogP contribution in [0.4, 0.5) is 5.69 Å². The van der Waals surface area contributed by atoms with E-state index in [0.29, 0.717) is 54.7 Å². The van der Waals surface area contributed by atoms with Crippen LogP contribution in [0, 0.1) is 39.9 Å². The molecule has 1 atom stereocenters. The van der Waals surface area contributed by atoms with Crippen LogP contribution in [0.15, 0.2) is 64.0 Å². The molecule has 0 aliphatic carbocycles. The minimum atomic E-state index is -1.41. The topological polar surface area (TPSA) is 330 Å². The number of nitrogens with one attached hydrogen (secondary N) is 3. The molecule has 26 heteroatoms. The molecule has 24 nitrogen and oxygen atoms in total. The number of phenolic OH excluding ortho intramolecular Hbond substituents is 2. The number of nitrogens with zero attached hydrogens (tertiary/aromatic N) is 6. The molecule has 1 spiro atoms. The van der Waals surface area contributed by atoms with Gasteiger partial charge in [-0.25, -0.2) is 9.16 Å². The Bertz CT molecular complexity index is 2770. The summed E-state index contributed by atoms with van der Waals surface area (Å²) in [4.78, 5) is 110. The smallest absolute Gasteiger partial charge is 0.508 e. The van der Waals surface area contributed by atoms with Gasteiger partial charge in [0.1, 0.15) is 35.3 Å². The third kappa shape index (κ3) is 21.7. The van der Waals surface area contributed by atoms with E-state index in [9.17, 15) is 63.9 Å². The van der Waals surface area contributed by atoms with Crippen molar-refractivity contribution in [1.82, 2.24) is 35.6 Å². The van der Waals surface area contributed by atoms with E-state index in [1.54, 1.807) is 49.9 Å². The maximum atomic E-state index is 13.8. The summed E-state index contributed by atoms with van der Waals surface area (Å²) in [7, 11) is 0. The minimum absolute atomic E-state index is 0. The summed E-state index contributed by atoms with van der Waals surface area (Å²) in [5, 5.41) is 60.6. The van der Waals surface area contributed by atoms with Crippen LogP contribution in [-0.2, 0) is 55.0 Å². The zero-order valence-electron chi connectivity index (χ0n) is 46.4. The number of aromatic hydroxyl groups is 2. The third-order valence-corrected chi connectivity index (χ3v) is 14.8. The van der Waals surface area contributed by atoms with Crippen LogP contribution >= 0.6 is 0 Å². The number of aldehydes is 1. The molecule has 3 aromatic rings. The molecular formula is C57H75GdN9O15S+3. The van der Waals surface area contributed by atoms with Crippen molar-refractivity contribution in [2.75, 3.05) is 98.2 Å². The van der Waals surface area contributed by atoms with Crippen molar-refractivity contribution in [3.8, 4) is 23.0 Å². The Morgan fingerprint density at radius 2 is 1.13 bits per heavy atom. The van der Waals surface area contributed by atoms with Crippen molar-refractivity contribution >= 4 is 69.9 Å². The van der Waals surface area contributed by atoms with Gasteiger partial charge in [-0.3, -0.25) is 48.4 Å². The first kappa shape index (κ1) is 67.6. The van der Waals surface area contributed by atoms with E-state index in [2.05, 4.69) is 30.5 Å². The molecule has 3 aromatic carbocycles. The fourth-order valence-electron chi connectivity index (χ4n) is 10.1. The molecule has 1 unspecified atom stereocenters. The van der Waals surface area contributed by atoms with E-state index in [1.807, 2.05) is 0 Å². The number of hydrogen-bond donors (Lipinski definition) is 8. The van der Waals surface area contributed by atoms with Crippen LogP contribution in [0.25, 0.3) is 0 Å². The van der Waals surface area contributed by atoms with Crippen molar-refractivity contribution in [1.29, 1.82) is 0 Å². The second-order valence-electron chi connectivity index (χ2n) is 20.5. The van der Waals surface area contributed by atoms with E-state index >= 15 is 0 Å². The number of fused-ring (bicyclic) bond motifs is 6. The van der Waals surface area contributed by atoms with Gasteiger partial charge in [0.15, 0.2) is 5.60 Å². The fourth-order valence-corrected chi connectivity index (χ4v) is 10.5. The van der Waals surface area contributed by atoms with Crippen LogP contribution in [-0.4, -0.2) is 202 Å². The molecule has 3 aliphatic heterocycles. The second-order valence-corrected chi connectivity index (χ2v) is 21.1. The third-order valence-electron chi connectivity index (χ3n) is 14.3. The van der Waals surface area contributed by atoms with Gasteiger partial charge in [-0.1, -0.05) is 44.6 Å². The summed E-state index contributed by atoms with van der Waals surface area (Å²) in [5.41, 5.74) is 0.756. The number of aliphatic carboxylic acids is 3. The minimum Gasteiger partial charge on any atom is -0.508 e. The average Bonchev–Trinajstić information content (AvgIpc) is 1.91. The molecule has 3 aliphatic rings. The van der Waals surface area contributed by atoms with Crippen LogP contribution in [0.2, 0.25) is 0 Å². The number of benzene rings is 3. The largest absolute Gasteiger partial charge is 3.00 e. The van der Waals surface area contributed by atoms with Crippen LogP contribution in [0.3, 0.4) is 0 Å². The first-order valence-corrected chi connectivity index (χ1v) is 28.7. The molecule has 0 bridgehead atoms. The molecule has 6 rings (SSSR count). The molecule has 1 radical (unpaired) electrons. The SMILES string of the molecule is O=CCCCCCCCCCCNC(=O)C(CCCCNC(=O)CCN=S=C=Nc1ccc2c(c1)C(=O)OC21c2ccc(O)cc2Oc2cc(O)ccc21)NC(=O)CN1CCN(CC(=O)O)CCN(CC(=O)O)CCN(CC(=O)O)CC1.[Gd+3]. The molecule has 0 saturated carbocycles. The van der Waals surface area contributed by atoms with Gasteiger partial charge in [0.2, 0.25) is 17.7 Å². The Labute approximate surface area is 517 Å². The van der Waals surface area contributed by atoms with Gasteiger partial charge >= 0.3 is 63.8 Å². The van der Waals surface area contributed by atoms with Gasteiger partial charge in [0, 0.05) is 118 Å². The molecule has 3 amide bonds. The number of isothiocyanates is 1. The number of phenols is 2. The quantitative estimate of drug-likeness (QED) is 0.0154. The predicted octanol–water partition coefficient (Wildman–Crippen LogP) is 3.93. The number of carbonyl (C=O) groups excluding carboxylic acids is 5. The van der Waals surface area contributed by atoms with E-state index in [4.69, 9.17) is 9.47 Å². The van der Waals surface area contributed by atoms with Gasteiger partial charge in [-0.15, -0.1) is 0 Å². The van der Waals surface area contributed by atoms with Crippen molar-refractivity contribution in [2.24, 2.45) is 9.36 Å². The summed E-state index contributed by atoms with van der Waals surface area (Å²) in [6, 6.07) is 13.1. The van der Waals surface area contributed by atoms with Crippen LogP contribution < -0.4 is 20.7 Å². The average molecular weight is 1320 g/mol. The van der Waals surface area contributed by atoms with Crippen LogP contribution in [0.1, 0.15) is 111 Å². The first-order chi connectivity index (χ1) is 39.5. The van der Waals surface area contributed by atoms with Gasteiger partial charge < -0.3 is 55.8 Å². The summed E-state index contributed by atoms with van der Waals surface area (Å²) in [5.74, 6) is -4.45. The number of carbonyl (C=O) groups is 8. The van der Waals surface area contributed by atoms with Gasteiger partial charge in [0.05, 0.1) is 49.1 Å². The zero-order valence-corrected chi connectivity index (χ0v) is 49.5. The number of esters is 1. The van der Waals surface area contributed by atoms with Crippen molar-refractivity contribution in [2.45, 2.75) is 95.1 Å². The Morgan fingerprint density at radius 1 is 0.639 bits per heavy atom. The maximum Gasteiger partial charge on any atom is 3.00 e.